The lowest BCUT2D eigenvalue weighted by Gasteiger charge is -2.09. The van der Waals surface area contributed by atoms with Crippen LogP contribution in [0.3, 0.4) is 0 Å². The Morgan fingerprint density at radius 1 is 1.38 bits per heavy atom. The standard InChI is InChI=1S/C16H16FIN2O/c1-3-14(17)12-6-13(9-19-8-12)20-16(21)11-5-4-10(2)15(18)7-11/h4-9,14H,3H2,1-2H3,(H,20,21). The van der Waals surface area contributed by atoms with E-state index in [1.807, 2.05) is 19.1 Å². The minimum atomic E-state index is -1.06. The van der Waals surface area contributed by atoms with Gasteiger partial charge in [-0.25, -0.2) is 4.39 Å². The summed E-state index contributed by atoms with van der Waals surface area (Å²) in [5.74, 6) is -0.223. The van der Waals surface area contributed by atoms with Crippen molar-refractivity contribution in [2.24, 2.45) is 0 Å². The minimum absolute atomic E-state index is 0.223. The average molecular weight is 398 g/mol. The van der Waals surface area contributed by atoms with Crippen molar-refractivity contribution in [3.05, 3.63) is 56.9 Å². The molecule has 0 aliphatic carbocycles. The lowest BCUT2D eigenvalue weighted by molar-refractivity contribution is 0.102. The molecule has 3 nitrogen and oxygen atoms in total. The van der Waals surface area contributed by atoms with Crippen LogP contribution < -0.4 is 5.32 Å². The van der Waals surface area contributed by atoms with Gasteiger partial charge in [-0.2, -0.15) is 0 Å². The fourth-order valence-electron chi connectivity index (χ4n) is 1.87. The maximum absolute atomic E-state index is 13.6. The highest BCUT2D eigenvalue weighted by molar-refractivity contribution is 14.1. The van der Waals surface area contributed by atoms with E-state index in [0.717, 1.165) is 9.13 Å². The second-order valence-corrected chi connectivity index (χ2v) is 5.96. The van der Waals surface area contributed by atoms with Crippen molar-refractivity contribution in [3.8, 4) is 0 Å². The van der Waals surface area contributed by atoms with E-state index in [0.29, 0.717) is 23.2 Å². The normalized spacial score (nSPS) is 12.0. The first kappa shape index (κ1) is 15.9. The van der Waals surface area contributed by atoms with Gasteiger partial charge in [-0.1, -0.05) is 13.0 Å². The molecule has 0 saturated heterocycles. The number of carbonyl (C=O) groups excluding carboxylic acids is 1. The minimum Gasteiger partial charge on any atom is -0.321 e. The third-order valence-electron chi connectivity index (χ3n) is 3.17. The number of rotatable bonds is 4. The van der Waals surface area contributed by atoms with Gasteiger partial charge in [-0.3, -0.25) is 9.78 Å². The number of aromatic nitrogens is 1. The number of nitrogens with one attached hydrogen (secondary N) is 1. The smallest absolute Gasteiger partial charge is 0.255 e. The van der Waals surface area contributed by atoms with Gasteiger partial charge in [-0.05, 0) is 59.7 Å². The molecule has 1 amide bonds. The van der Waals surface area contributed by atoms with Gasteiger partial charge < -0.3 is 5.32 Å². The molecule has 2 rings (SSSR count). The average Bonchev–Trinajstić information content (AvgIpc) is 2.49. The first-order chi connectivity index (χ1) is 10.0. The van der Waals surface area contributed by atoms with Crippen molar-refractivity contribution in [1.82, 2.24) is 4.98 Å². The number of aryl methyl sites for hydroxylation is 1. The second kappa shape index (κ2) is 6.98. The predicted molar refractivity (Wildman–Crippen MR) is 90.2 cm³/mol. The highest BCUT2D eigenvalue weighted by atomic mass is 127. The molecule has 0 aliphatic heterocycles. The number of carbonyl (C=O) groups is 1. The quantitative estimate of drug-likeness (QED) is 0.761. The fraction of sp³-hybridized carbons (Fsp3) is 0.250. The first-order valence-electron chi connectivity index (χ1n) is 6.67. The van der Waals surface area contributed by atoms with E-state index < -0.39 is 6.17 Å². The summed E-state index contributed by atoms with van der Waals surface area (Å²) in [6.45, 7) is 3.76. The van der Waals surface area contributed by atoms with E-state index >= 15 is 0 Å². The number of pyridine rings is 1. The molecular weight excluding hydrogens is 382 g/mol. The zero-order chi connectivity index (χ0) is 15.4. The highest BCUT2D eigenvalue weighted by Gasteiger charge is 2.11. The summed E-state index contributed by atoms with van der Waals surface area (Å²) < 4.78 is 14.7. The fourth-order valence-corrected chi connectivity index (χ4v) is 2.39. The lowest BCUT2D eigenvalue weighted by atomic mass is 10.1. The molecule has 0 radical (unpaired) electrons. The van der Waals surface area contributed by atoms with Crippen LogP contribution in [0.4, 0.5) is 10.1 Å². The van der Waals surface area contributed by atoms with Crippen molar-refractivity contribution >= 4 is 34.2 Å². The zero-order valence-corrected chi connectivity index (χ0v) is 14.0. The summed E-state index contributed by atoms with van der Waals surface area (Å²) in [7, 11) is 0. The van der Waals surface area contributed by atoms with Crippen LogP contribution in [0.15, 0.2) is 36.7 Å². The number of nitrogens with zero attached hydrogens (tertiary/aromatic N) is 1. The molecule has 110 valence electrons. The Morgan fingerprint density at radius 3 is 2.81 bits per heavy atom. The van der Waals surface area contributed by atoms with Gasteiger partial charge in [0.1, 0.15) is 6.17 Å². The molecule has 0 spiro atoms. The van der Waals surface area contributed by atoms with E-state index in [9.17, 15) is 9.18 Å². The maximum atomic E-state index is 13.6. The predicted octanol–water partition coefficient (Wildman–Crippen LogP) is 4.67. The second-order valence-electron chi connectivity index (χ2n) is 4.80. The summed E-state index contributed by atoms with van der Waals surface area (Å²) in [5.41, 5.74) is 2.68. The summed E-state index contributed by atoms with van der Waals surface area (Å²) in [4.78, 5) is 16.2. The summed E-state index contributed by atoms with van der Waals surface area (Å²) in [6.07, 6.45) is 2.33. The Kier molecular flexibility index (Phi) is 5.27. The molecule has 1 heterocycles. The molecule has 0 fully saturated rings. The number of hydrogen-bond acceptors (Lipinski definition) is 2. The maximum Gasteiger partial charge on any atom is 0.255 e. The van der Waals surface area contributed by atoms with Gasteiger partial charge >= 0.3 is 0 Å². The van der Waals surface area contributed by atoms with Gasteiger partial charge in [0.25, 0.3) is 5.91 Å². The molecule has 1 unspecified atom stereocenters. The first-order valence-corrected chi connectivity index (χ1v) is 7.75. The number of halogens is 2. The van der Waals surface area contributed by atoms with Gasteiger partial charge in [0.2, 0.25) is 0 Å². The van der Waals surface area contributed by atoms with Crippen LogP contribution in [0.2, 0.25) is 0 Å². The number of hydrogen-bond donors (Lipinski definition) is 1. The van der Waals surface area contributed by atoms with Crippen LogP contribution in [-0.2, 0) is 0 Å². The Labute approximate surface area is 137 Å². The largest absolute Gasteiger partial charge is 0.321 e. The summed E-state index contributed by atoms with van der Waals surface area (Å²) >= 11 is 2.19. The highest BCUT2D eigenvalue weighted by Crippen LogP contribution is 2.22. The Balaban J connectivity index is 2.17. The molecule has 5 heteroatoms. The van der Waals surface area contributed by atoms with Crippen molar-refractivity contribution in [3.63, 3.8) is 0 Å². The Hall–Kier alpha value is -1.50. The van der Waals surface area contributed by atoms with Crippen LogP contribution in [0.1, 0.15) is 41.0 Å². The molecule has 1 N–H and O–H groups in total. The lowest BCUT2D eigenvalue weighted by Crippen LogP contribution is -2.12. The molecule has 0 aliphatic rings. The van der Waals surface area contributed by atoms with Crippen molar-refractivity contribution in [2.75, 3.05) is 5.32 Å². The summed E-state index contributed by atoms with van der Waals surface area (Å²) in [6, 6.07) is 7.12. The van der Waals surface area contributed by atoms with Crippen molar-refractivity contribution in [2.45, 2.75) is 26.4 Å². The molecule has 1 aromatic heterocycles. The van der Waals surface area contributed by atoms with Gasteiger partial charge in [0, 0.05) is 20.9 Å². The molecule has 0 bridgehead atoms. The molecule has 1 aromatic carbocycles. The van der Waals surface area contributed by atoms with Gasteiger partial charge in [0.15, 0.2) is 0 Å². The number of anilines is 1. The number of benzene rings is 1. The van der Waals surface area contributed by atoms with Crippen molar-refractivity contribution in [1.29, 1.82) is 0 Å². The van der Waals surface area contributed by atoms with Crippen LogP contribution in [0.25, 0.3) is 0 Å². The van der Waals surface area contributed by atoms with Crippen molar-refractivity contribution < 1.29 is 9.18 Å². The van der Waals surface area contributed by atoms with E-state index in [-0.39, 0.29) is 5.91 Å². The third kappa shape index (κ3) is 4.00. The molecule has 0 saturated carbocycles. The zero-order valence-electron chi connectivity index (χ0n) is 11.9. The number of alkyl halides is 1. The summed E-state index contributed by atoms with van der Waals surface area (Å²) in [5, 5.41) is 2.75. The molecular formula is C16H16FIN2O. The van der Waals surface area contributed by atoms with E-state index in [2.05, 4.69) is 32.9 Å². The topological polar surface area (TPSA) is 42.0 Å². The van der Waals surface area contributed by atoms with Crippen LogP contribution in [-0.4, -0.2) is 10.9 Å². The SMILES string of the molecule is CCC(F)c1cncc(NC(=O)c2ccc(C)c(I)c2)c1. The van der Waals surface area contributed by atoms with Gasteiger partial charge in [0.05, 0.1) is 11.9 Å². The van der Waals surface area contributed by atoms with E-state index in [1.165, 1.54) is 12.4 Å². The molecule has 21 heavy (non-hydrogen) atoms. The third-order valence-corrected chi connectivity index (χ3v) is 4.33. The monoisotopic (exact) mass is 398 g/mol. The van der Waals surface area contributed by atoms with Gasteiger partial charge in [-0.15, -0.1) is 0 Å². The molecule has 1 atom stereocenters. The van der Waals surface area contributed by atoms with Crippen LogP contribution in [0.5, 0.6) is 0 Å². The Bertz CT molecular complexity index is 660. The number of amides is 1. The van der Waals surface area contributed by atoms with E-state index in [1.54, 1.807) is 19.1 Å². The molecule has 2 aromatic rings. The van der Waals surface area contributed by atoms with E-state index in [4.69, 9.17) is 0 Å². The van der Waals surface area contributed by atoms with Crippen LogP contribution in [0, 0.1) is 10.5 Å². The Morgan fingerprint density at radius 2 is 2.14 bits per heavy atom. The van der Waals surface area contributed by atoms with Crippen LogP contribution >= 0.6 is 22.6 Å².